The molecule has 0 saturated carbocycles. The molecule has 22 aromatic carbocycles. The second-order valence-electron chi connectivity index (χ2n) is 36.0. The lowest BCUT2D eigenvalue weighted by atomic mass is 9.93. The molecule has 0 amide bonds. The molecule has 0 aliphatic heterocycles. The van der Waals surface area contributed by atoms with E-state index in [1.165, 1.54) is 110 Å². The molecular formula is C132H85N9. The minimum absolute atomic E-state index is 0.849. The molecule has 6 aromatic heterocycles. The van der Waals surface area contributed by atoms with Crippen LogP contribution in [0.3, 0.4) is 0 Å². The number of benzene rings is 22. The number of nitrogens with zero attached hydrogens (tertiary/aromatic N) is 9. The zero-order valence-electron chi connectivity index (χ0n) is 76.6. The van der Waals surface area contributed by atoms with Crippen LogP contribution in [-0.4, -0.2) is 43.6 Å². The van der Waals surface area contributed by atoms with Crippen molar-refractivity contribution >= 4 is 132 Å². The predicted octanol–water partition coefficient (Wildman–Crippen LogP) is 34.3. The fourth-order valence-corrected chi connectivity index (χ4v) is 20.7. The number of para-hydroxylation sites is 6. The van der Waals surface area contributed by atoms with E-state index in [2.05, 4.69) is 457 Å². The SMILES string of the molecule is c1ccc(-c2cc(-c3ccccc3)cc(-c3ccc4c(c3)c3nc5ccccc5nc3n4-c3cccc4c(-c5ccccc5)cccc34)c2)cc1.c1ccc(-c2cc(-c3ccccc3)cc(-c3ccc4c(c3)c3nc5ccccc5nc3n4-c3cccc4ccccc34)c2)cc1.c1ccc(-c2cc(-c3ccccc3)cc(-c3ccc4c5nc6ccccc6nc5n(-c5cccc6ccccc56)c4c3)c2)cc1. The van der Waals surface area contributed by atoms with Gasteiger partial charge in [-0.05, 0) is 273 Å². The summed E-state index contributed by atoms with van der Waals surface area (Å²) < 4.78 is 6.89. The van der Waals surface area contributed by atoms with Crippen molar-refractivity contribution in [1.82, 2.24) is 43.6 Å². The van der Waals surface area contributed by atoms with Crippen LogP contribution in [0.5, 0.6) is 0 Å². The van der Waals surface area contributed by atoms with E-state index in [1.807, 2.05) is 72.8 Å². The predicted molar refractivity (Wildman–Crippen MR) is 589 cm³/mol. The highest BCUT2D eigenvalue weighted by atomic mass is 15.1. The van der Waals surface area contributed by atoms with Gasteiger partial charge in [-0.2, -0.15) is 0 Å². The first kappa shape index (κ1) is 82.7. The van der Waals surface area contributed by atoms with Gasteiger partial charge in [-0.25, -0.2) is 29.9 Å². The lowest BCUT2D eigenvalue weighted by Crippen LogP contribution is -1.98. The van der Waals surface area contributed by atoms with Gasteiger partial charge in [0.1, 0.15) is 16.6 Å². The van der Waals surface area contributed by atoms with E-state index in [0.29, 0.717) is 0 Å². The maximum atomic E-state index is 5.29. The van der Waals surface area contributed by atoms with Crippen LogP contribution in [0.1, 0.15) is 0 Å². The van der Waals surface area contributed by atoms with Crippen LogP contribution in [0.15, 0.2) is 516 Å². The molecule has 0 unspecified atom stereocenters. The molecule has 0 bridgehead atoms. The zero-order valence-corrected chi connectivity index (χ0v) is 76.6. The van der Waals surface area contributed by atoms with E-state index in [0.717, 1.165) is 150 Å². The number of fused-ring (bicyclic) bond motifs is 15. The number of hydrogen-bond acceptors (Lipinski definition) is 6. The summed E-state index contributed by atoms with van der Waals surface area (Å²) in [5, 5.41) is 10.4. The molecule has 141 heavy (non-hydrogen) atoms. The first-order valence-corrected chi connectivity index (χ1v) is 47.8. The molecule has 658 valence electrons. The van der Waals surface area contributed by atoms with Crippen molar-refractivity contribution in [1.29, 1.82) is 0 Å². The Balaban J connectivity index is 0.000000109. The van der Waals surface area contributed by atoms with E-state index >= 15 is 0 Å². The highest BCUT2D eigenvalue weighted by Crippen LogP contribution is 2.46. The minimum atomic E-state index is 0.849. The van der Waals surface area contributed by atoms with Gasteiger partial charge in [0.15, 0.2) is 16.9 Å². The third kappa shape index (κ3) is 15.3. The molecule has 0 fully saturated rings. The fourth-order valence-electron chi connectivity index (χ4n) is 20.7. The topological polar surface area (TPSA) is 92.1 Å². The third-order valence-corrected chi connectivity index (χ3v) is 27.5. The minimum Gasteiger partial charge on any atom is -0.292 e. The Kier molecular flexibility index (Phi) is 20.7. The number of aromatic nitrogens is 9. The molecule has 0 aliphatic rings. The third-order valence-electron chi connectivity index (χ3n) is 27.5. The normalized spacial score (nSPS) is 11.5. The summed E-state index contributed by atoms with van der Waals surface area (Å²) >= 11 is 0. The zero-order chi connectivity index (χ0) is 93.2. The summed E-state index contributed by atoms with van der Waals surface area (Å²) in [6.45, 7) is 0. The molecule has 28 aromatic rings. The molecule has 9 heteroatoms. The second kappa shape index (κ2) is 35.4. The van der Waals surface area contributed by atoms with Crippen LogP contribution >= 0.6 is 0 Å². The van der Waals surface area contributed by atoms with Gasteiger partial charge in [0.25, 0.3) is 0 Å². The molecule has 0 aliphatic carbocycles. The molecule has 0 N–H and O–H groups in total. The molecule has 6 heterocycles. The van der Waals surface area contributed by atoms with Crippen LogP contribution < -0.4 is 0 Å². The molecule has 0 radical (unpaired) electrons. The monoisotopic (exact) mass is 1800 g/mol. The average Bonchev–Trinajstić information content (AvgIpc) is 1.58. The van der Waals surface area contributed by atoms with Gasteiger partial charge in [0.2, 0.25) is 0 Å². The summed E-state index contributed by atoms with van der Waals surface area (Å²) in [5.41, 5.74) is 40.7. The summed E-state index contributed by atoms with van der Waals surface area (Å²) in [5.74, 6) is 0. The Morgan fingerprint density at radius 1 is 0.128 bits per heavy atom. The van der Waals surface area contributed by atoms with Crippen molar-refractivity contribution < 1.29 is 0 Å². The quantitative estimate of drug-likeness (QED) is 0.114. The molecule has 0 spiro atoms. The lowest BCUT2D eigenvalue weighted by molar-refractivity contribution is 1.15. The Morgan fingerprint density at radius 2 is 0.376 bits per heavy atom. The van der Waals surface area contributed by atoms with Crippen molar-refractivity contribution in [2.75, 3.05) is 0 Å². The Morgan fingerprint density at radius 3 is 0.738 bits per heavy atom. The van der Waals surface area contributed by atoms with Crippen molar-refractivity contribution in [2.24, 2.45) is 0 Å². The van der Waals surface area contributed by atoms with Crippen molar-refractivity contribution in [3.63, 3.8) is 0 Å². The van der Waals surface area contributed by atoms with Gasteiger partial charge < -0.3 is 0 Å². The van der Waals surface area contributed by atoms with E-state index in [1.54, 1.807) is 0 Å². The summed E-state index contributed by atoms with van der Waals surface area (Å²) in [4.78, 5) is 31.4. The van der Waals surface area contributed by atoms with E-state index in [4.69, 9.17) is 29.9 Å². The van der Waals surface area contributed by atoms with Crippen LogP contribution in [0, 0.1) is 0 Å². The molecule has 28 rings (SSSR count). The van der Waals surface area contributed by atoms with Gasteiger partial charge in [0, 0.05) is 32.3 Å². The fraction of sp³-hybridized carbons (Fsp3) is 0. The van der Waals surface area contributed by atoms with E-state index < -0.39 is 0 Å². The van der Waals surface area contributed by atoms with Gasteiger partial charge in [-0.15, -0.1) is 0 Å². The molecule has 0 atom stereocenters. The van der Waals surface area contributed by atoms with Gasteiger partial charge in [-0.3, -0.25) is 13.7 Å². The van der Waals surface area contributed by atoms with Gasteiger partial charge in [-0.1, -0.05) is 370 Å². The highest BCUT2D eigenvalue weighted by molar-refractivity contribution is 6.15. The van der Waals surface area contributed by atoms with Gasteiger partial charge >= 0.3 is 0 Å². The van der Waals surface area contributed by atoms with E-state index in [9.17, 15) is 0 Å². The standard InChI is InChI=1S/C48H31N3.2C42H27N3/c1-4-14-32(15-5-1)36-28-37(33-16-6-2-7-17-33)30-38(29-36)35-26-27-46-42(31-35)47-48(50-44-24-11-10-23-43(44)49-47)51(46)45-25-13-21-40-39(20-12-22-41(40)45)34-18-8-3-9-19-34;1-3-12-28(13-4-1)32-24-33(29-14-5-2-6-15-29)26-34(25-32)31-22-23-40-36(27-31)41-42(44-38-20-10-9-19-37(38)43-41)45(40)39-21-11-17-30-16-7-8-18-35(30)39;1-3-12-28(13-4-1)32-24-33(29-14-5-2-6-15-29)26-34(25-32)31-22-23-36-40(27-31)45(39-21-11-17-30-16-7-8-18-35(30)39)42-41(36)43-37-19-9-10-20-38(37)44-42/h1-31H;2*1-27H. The molecule has 0 saturated heterocycles. The first-order chi connectivity index (χ1) is 69.9. The van der Waals surface area contributed by atoms with Crippen molar-refractivity contribution in [3.8, 4) is 128 Å². The summed E-state index contributed by atoms with van der Waals surface area (Å²) in [6, 6.07) is 183. The Hall–Kier alpha value is -19.0. The second-order valence-corrected chi connectivity index (χ2v) is 36.0. The van der Waals surface area contributed by atoms with Crippen molar-refractivity contribution in [3.05, 3.63) is 516 Å². The van der Waals surface area contributed by atoms with E-state index in [-0.39, 0.29) is 0 Å². The number of rotatable bonds is 13. The first-order valence-electron chi connectivity index (χ1n) is 47.8. The van der Waals surface area contributed by atoms with Crippen LogP contribution in [0.4, 0.5) is 0 Å². The number of hydrogen-bond donors (Lipinski definition) is 0. The summed E-state index contributed by atoms with van der Waals surface area (Å²) in [7, 11) is 0. The molecule has 9 nitrogen and oxygen atoms in total. The maximum Gasteiger partial charge on any atom is 0.165 e. The van der Waals surface area contributed by atoms with Crippen LogP contribution in [-0.2, 0) is 0 Å². The van der Waals surface area contributed by atoms with Crippen LogP contribution in [0.2, 0.25) is 0 Å². The lowest BCUT2D eigenvalue weighted by Gasteiger charge is -2.14. The molecular weight excluding hydrogens is 1710 g/mol. The Bertz CT molecular complexity index is 9520. The summed E-state index contributed by atoms with van der Waals surface area (Å²) in [6.07, 6.45) is 0. The van der Waals surface area contributed by atoms with Crippen LogP contribution in [0.25, 0.3) is 260 Å². The van der Waals surface area contributed by atoms with Gasteiger partial charge in [0.05, 0.1) is 66.7 Å². The van der Waals surface area contributed by atoms with Crippen molar-refractivity contribution in [2.45, 2.75) is 0 Å². The Labute approximate surface area is 813 Å². The average molecular weight is 1800 g/mol. The largest absolute Gasteiger partial charge is 0.292 e. The highest BCUT2D eigenvalue weighted by Gasteiger charge is 2.25. The maximum absolute atomic E-state index is 5.29. The smallest absolute Gasteiger partial charge is 0.165 e.